The molecule has 11 nitrogen and oxygen atoms in total. The number of carbonyl (C=O) groups is 3. The van der Waals surface area contributed by atoms with Gasteiger partial charge in [0.1, 0.15) is 12.3 Å². The van der Waals surface area contributed by atoms with Crippen molar-refractivity contribution in [2.24, 2.45) is 5.92 Å². The molecular formula is C25H33N4O7S+. The lowest BCUT2D eigenvalue weighted by Gasteiger charge is -2.27. The average molecular weight is 534 g/mol. The molecule has 1 unspecified atom stereocenters. The summed E-state index contributed by atoms with van der Waals surface area (Å²) < 4.78 is 32.6. The van der Waals surface area contributed by atoms with Crippen LogP contribution in [-0.2, 0) is 19.6 Å². The van der Waals surface area contributed by atoms with E-state index in [1.54, 1.807) is 0 Å². The minimum absolute atomic E-state index is 0.0675. The number of nitrogens with one attached hydrogen (secondary N) is 2. The summed E-state index contributed by atoms with van der Waals surface area (Å²) in [6.45, 7) is -0.366. The van der Waals surface area contributed by atoms with Gasteiger partial charge in [-0.05, 0) is 37.3 Å². The van der Waals surface area contributed by atoms with E-state index < -0.39 is 46.2 Å². The molecule has 2 fully saturated rings. The zero-order valence-electron chi connectivity index (χ0n) is 20.5. The monoisotopic (exact) mass is 533 g/mol. The molecule has 1 saturated carbocycles. The molecule has 0 radical (unpaired) electrons. The highest BCUT2D eigenvalue weighted by atomic mass is 32.2. The minimum Gasteiger partial charge on any atom is -0.472 e. The van der Waals surface area contributed by atoms with Crippen molar-refractivity contribution in [2.45, 2.75) is 68.5 Å². The number of carbonyl (C=O) groups excluding carboxylic acids is 3. The SMILES string of the molecule is O=C(N[C@@H](CC1CCCCC1)C(=O)NC1CCCN(S(=O)(=O)c2cccc[n+]2O)CC1=O)c1ccoc1. The summed E-state index contributed by atoms with van der Waals surface area (Å²) in [5.74, 6) is -1.06. The van der Waals surface area contributed by atoms with Crippen LogP contribution in [0.5, 0.6) is 0 Å². The highest BCUT2D eigenvalue weighted by Gasteiger charge is 2.38. The molecule has 2 aliphatic rings. The van der Waals surface area contributed by atoms with Crippen LogP contribution < -0.4 is 15.4 Å². The molecule has 3 heterocycles. The highest BCUT2D eigenvalue weighted by Crippen LogP contribution is 2.27. The predicted octanol–water partition coefficient (Wildman–Crippen LogP) is 1.41. The van der Waals surface area contributed by atoms with Crippen molar-refractivity contribution in [2.75, 3.05) is 13.1 Å². The summed E-state index contributed by atoms with van der Waals surface area (Å²) in [4.78, 5) is 39.1. The second-order valence-corrected chi connectivity index (χ2v) is 11.6. The second kappa shape index (κ2) is 11.9. The van der Waals surface area contributed by atoms with Gasteiger partial charge in [-0.3, -0.25) is 19.6 Å². The van der Waals surface area contributed by atoms with Crippen LogP contribution in [0.3, 0.4) is 0 Å². The number of pyridine rings is 1. The van der Waals surface area contributed by atoms with Gasteiger partial charge in [0.2, 0.25) is 12.1 Å². The highest BCUT2D eigenvalue weighted by molar-refractivity contribution is 7.89. The molecule has 1 aliphatic carbocycles. The van der Waals surface area contributed by atoms with Gasteiger partial charge in [-0.2, -0.15) is 4.31 Å². The van der Waals surface area contributed by atoms with E-state index in [1.165, 1.54) is 43.0 Å². The fourth-order valence-corrected chi connectivity index (χ4v) is 6.48. The van der Waals surface area contributed by atoms with E-state index in [4.69, 9.17) is 4.42 Å². The van der Waals surface area contributed by atoms with Gasteiger partial charge < -0.3 is 15.1 Å². The Labute approximate surface area is 215 Å². The van der Waals surface area contributed by atoms with Crippen molar-refractivity contribution in [1.82, 2.24) is 14.9 Å². The van der Waals surface area contributed by atoms with Gasteiger partial charge in [0.25, 0.3) is 5.91 Å². The molecular weight excluding hydrogens is 500 g/mol. The summed E-state index contributed by atoms with van der Waals surface area (Å²) in [5.41, 5.74) is 0.301. The fraction of sp³-hybridized carbons (Fsp3) is 0.520. The van der Waals surface area contributed by atoms with E-state index >= 15 is 0 Å². The van der Waals surface area contributed by atoms with E-state index in [-0.39, 0.29) is 23.9 Å². The third-order valence-corrected chi connectivity index (χ3v) is 8.89. The number of ketones is 1. The number of hydrogen-bond donors (Lipinski definition) is 3. The van der Waals surface area contributed by atoms with Crippen molar-refractivity contribution < 1.29 is 37.2 Å². The van der Waals surface area contributed by atoms with Crippen LogP contribution in [0.15, 0.2) is 52.4 Å². The fourth-order valence-electron chi connectivity index (χ4n) is 5.00. The first kappa shape index (κ1) is 26.8. The lowest BCUT2D eigenvalue weighted by Crippen LogP contribution is -2.53. The van der Waals surface area contributed by atoms with Crippen LogP contribution >= 0.6 is 0 Å². The molecule has 1 aliphatic heterocycles. The van der Waals surface area contributed by atoms with Gasteiger partial charge in [0.15, 0.2) is 5.78 Å². The maximum absolute atomic E-state index is 13.3. The third-order valence-electron chi connectivity index (χ3n) is 7.04. The number of aromatic nitrogens is 1. The van der Waals surface area contributed by atoms with Crippen molar-refractivity contribution in [3.8, 4) is 0 Å². The Kier molecular flexibility index (Phi) is 8.59. The van der Waals surface area contributed by atoms with Crippen molar-refractivity contribution in [1.29, 1.82) is 0 Å². The zero-order chi connectivity index (χ0) is 26.4. The van der Waals surface area contributed by atoms with Crippen LogP contribution in [0.2, 0.25) is 0 Å². The van der Waals surface area contributed by atoms with Gasteiger partial charge >= 0.3 is 15.0 Å². The first-order valence-electron chi connectivity index (χ1n) is 12.6. The quantitative estimate of drug-likeness (QED) is 0.343. The number of hydrogen-bond acceptors (Lipinski definition) is 7. The third kappa shape index (κ3) is 6.55. The molecule has 0 spiro atoms. The molecule has 200 valence electrons. The standard InChI is InChI=1S/C25H32N4O7S/c30-22-16-28(37(34,35)23-10-4-5-13-29(23)33)12-6-9-20(22)26-25(32)21(15-18-7-2-1-3-8-18)27-24(31)19-11-14-36-17-19/h4-5,10-11,13-14,17-18,20-21H,1-3,6-9,12,15-16H2,(H2-,26,27,31,32,33)/p+1/t20?,21-/m0/s1. The van der Waals surface area contributed by atoms with Gasteiger partial charge in [0, 0.05) is 23.4 Å². The topological polar surface area (TPSA) is 150 Å². The second-order valence-electron chi connectivity index (χ2n) is 9.67. The first-order chi connectivity index (χ1) is 17.8. The molecule has 0 aromatic carbocycles. The van der Waals surface area contributed by atoms with E-state index in [9.17, 15) is 28.0 Å². The zero-order valence-corrected chi connectivity index (χ0v) is 21.4. The molecule has 4 rings (SSSR count). The lowest BCUT2D eigenvalue weighted by atomic mass is 9.84. The average Bonchev–Trinajstić information content (AvgIpc) is 3.36. The summed E-state index contributed by atoms with van der Waals surface area (Å²) in [5, 5.41) is 15.2. The Bertz CT molecular complexity index is 1210. The number of furan rings is 1. The van der Waals surface area contributed by atoms with E-state index in [0.717, 1.165) is 36.4 Å². The van der Waals surface area contributed by atoms with Crippen LogP contribution in [0.25, 0.3) is 0 Å². The Hall–Kier alpha value is -3.25. The van der Waals surface area contributed by atoms with Gasteiger partial charge in [-0.1, -0.05) is 32.1 Å². The van der Waals surface area contributed by atoms with Crippen LogP contribution in [0.4, 0.5) is 0 Å². The first-order valence-corrected chi connectivity index (χ1v) is 14.1. The van der Waals surface area contributed by atoms with E-state index in [0.29, 0.717) is 23.1 Å². The minimum atomic E-state index is -4.13. The molecule has 0 bridgehead atoms. The maximum Gasteiger partial charge on any atom is 0.361 e. The molecule has 2 aromatic rings. The molecule has 37 heavy (non-hydrogen) atoms. The predicted molar refractivity (Wildman–Crippen MR) is 130 cm³/mol. The van der Waals surface area contributed by atoms with Crippen LogP contribution in [0.1, 0.15) is 61.7 Å². The Balaban J connectivity index is 1.44. The van der Waals surface area contributed by atoms with Crippen LogP contribution in [0, 0.1) is 5.92 Å². The number of amides is 2. The largest absolute Gasteiger partial charge is 0.472 e. The van der Waals surface area contributed by atoms with Crippen molar-refractivity contribution in [3.63, 3.8) is 0 Å². The van der Waals surface area contributed by atoms with Gasteiger partial charge in [0.05, 0.1) is 24.4 Å². The normalized spacial score (nSPS) is 20.6. The maximum atomic E-state index is 13.3. The Morgan fingerprint density at radius 1 is 1.14 bits per heavy atom. The number of nitrogens with zero attached hydrogens (tertiary/aromatic N) is 2. The van der Waals surface area contributed by atoms with Gasteiger partial charge in [-0.15, -0.1) is 0 Å². The summed E-state index contributed by atoms with van der Waals surface area (Å²) >= 11 is 0. The van der Waals surface area contributed by atoms with E-state index in [2.05, 4.69) is 10.6 Å². The Morgan fingerprint density at radius 3 is 2.62 bits per heavy atom. The number of rotatable bonds is 8. The molecule has 2 aromatic heterocycles. The van der Waals surface area contributed by atoms with Crippen LogP contribution in [-0.4, -0.2) is 60.7 Å². The van der Waals surface area contributed by atoms with E-state index in [1.807, 2.05) is 0 Å². The molecule has 2 atom stereocenters. The summed E-state index contributed by atoms with van der Waals surface area (Å²) in [6.07, 6.45) is 10.2. The molecule has 12 heteroatoms. The number of Topliss-reactive ketones (excluding diaryl/α,β-unsaturated/α-hetero) is 1. The van der Waals surface area contributed by atoms with Crippen molar-refractivity contribution >= 4 is 27.6 Å². The molecule has 3 N–H and O–H groups in total. The molecule has 2 amide bonds. The lowest BCUT2D eigenvalue weighted by molar-refractivity contribution is -0.933. The summed E-state index contributed by atoms with van der Waals surface area (Å²) in [7, 11) is -4.13. The van der Waals surface area contributed by atoms with Crippen molar-refractivity contribution in [3.05, 3.63) is 48.6 Å². The smallest absolute Gasteiger partial charge is 0.361 e. The Morgan fingerprint density at radius 2 is 1.92 bits per heavy atom. The molecule has 1 saturated heterocycles. The number of sulfonamides is 1. The van der Waals surface area contributed by atoms with Gasteiger partial charge in [-0.25, -0.2) is 8.42 Å². The summed E-state index contributed by atoms with van der Waals surface area (Å²) in [6, 6.07) is 4.00.